The molecule has 0 bridgehead atoms. The lowest BCUT2D eigenvalue weighted by Crippen LogP contribution is -2.26. The van der Waals surface area contributed by atoms with Crippen LogP contribution in [0.25, 0.3) is 0 Å². The van der Waals surface area contributed by atoms with Crippen molar-refractivity contribution in [1.82, 2.24) is 0 Å². The van der Waals surface area contributed by atoms with Crippen LogP contribution >= 0.6 is 0 Å². The van der Waals surface area contributed by atoms with Crippen LogP contribution in [0.1, 0.15) is 18.1 Å². The van der Waals surface area contributed by atoms with E-state index in [2.05, 4.69) is 6.07 Å². The van der Waals surface area contributed by atoms with Crippen LogP contribution in [-0.2, 0) is 11.2 Å². The molecule has 0 radical (unpaired) electrons. The van der Waals surface area contributed by atoms with Gasteiger partial charge in [0.15, 0.2) is 0 Å². The van der Waals surface area contributed by atoms with Crippen LogP contribution in [0.4, 0.5) is 11.4 Å². The van der Waals surface area contributed by atoms with Gasteiger partial charge in [-0.15, -0.1) is 0 Å². The summed E-state index contributed by atoms with van der Waals surface area (Å²) in [5.74, 6) is 0.0688. The third-order valence-corrected chi connectivity index (χ3v) is 2.62. The van der Waals surface area contributed by atoms with Crippen LogP contribution in [0.5, 0.6) is 0 Å². The average Bonchev–Trinajstić information content (AvgIpc) is 2.47. The lowest BCUT2D eigenvalue weighted by Gasteiger charge is -2.16. The molecule has 3 heteroatoms. The summed E-state index contributed by atoms with van der Waals surface area (Å²) in [6.07, 6.45) is 0.917. The molecule has 74 valence electrons. The Morgan fingerprint density at radius 3 is 2.86 bits per heavy atom. The fourth-order valence-corrected chi connectivity index (χ4v) is 2.06. The summed E-state index contributed by atoms with van der Waals surface area (Å²) in [6, 6.07) is 4.02. The zero-order valence-electron chi connectivity index (χ0n) is 8.50. The van der Waals surface area contributed by atoms with Gasteiger partial charge < -0.3 is 10.6 Å². The van der Waals surface area contributed by atoms with Gasteiger partial charge >= 0.3 is 0 Å². The van der Waals surface area contributed by atoms with E-state index >= 15 is 0 Å². The first-order valence-electron chi connectivity index (χ1n) is 4.76. The SMILES string of the molecule is CC(=O)N1CCc2cc(C)cc(N)c21. The van der Waals surface area contributed by atoms with E-state index in [1.165, 1.54) is 5.56 Å². The number of nitrogens with two attached hydrogens (primary N) is 1. The molecule has 1 heterocycles. The fourth-order valence-electron chi connectivity index (χ4n) is 2.06. The third-order valence-electron chi connectivity index (χ3n) is 2.62. The maximum Gasteiger partial charge on any atom is 0.223 e. The Morgan fingerprint density at radius 2 is 2.21 bits per heavy atom. The highest BCUT2D eigenvalue weighted by Gasteiger charge is 2.24. The van der Waals surface area contributed by atoms with Crippen LogP contribution < -0.4 is 10.6 Å². The first kappa shape index (κ1) is 9.06. The minimum absolute atomic E-state index is 0.0688. The fraction of sp³-hybridized carbons (Fsp3) is 0.364. The zero-order chi connectivity index (χ0) is 10.3. The Bertz CT molecular complexity index is 399. The monoisotopic (exact) mass is 190 g/mol. The van der Waals surface area contributed by atoms with Crippen LogP contribution in [0.15, 0.2) is 12.1 Å². The van der Waals surface area contributed by atoms with Crippen molar-refractivity contribution in [3.8, 4) is 0 Å². The number of hydrogen-bond acceptors (Lipinski definition) is 2. The van der Waals surface area contributed by atoms with E-state index in [0.29, 0.717) is 5.69 Å². The van der Waals surface area contributed by atoms with E-state index in [1.807, 2.05) is 13.0 Å². The summed E-state index contributed by atoms with van der Waals surface area (Å²) in [6.45, 7) is 4.36. The highest BCUT2D eigenvalue weighted by Crippen LogP contribution is 2.34. The van der Waals surface area contributed by atoms with Crippen molar-refractivity contribution in [2.75, 3.05) is 17.2 Å². The van der Waals surface area contributed by atoms with E-state index < -0.39 is 0 Å². The van der Waals surface area contributed by atoms with Crippen molar-refractivity contribution < 1.29 is 4.79 Å². The minimum Gasteiger partial charge on any atom is -0.397 e. The first-order chi connectivity index (χ1) is 6.59. The van der Waals surface area contributed by atoms with Gasteiger partial charge in [-0.3, -0.25) is 4.79 Å². The molecule has 2 rings (SSSR count). The van der Waals surface area contributed by atoms with E-state index in [1.54, 1.807) is 11.8 Å². The molecular formula is C11H14N2O. The first-order valence-corrected chi connectivity index (χ1v) is 4.76. The predicted molar refractivity (Wildman–Crippen MR) is 57.3 cm³/mol. The second kappa shape index (κ2) is 3.01. The summed E-state index contributed by atoms with van der Waals surface area (Å²) in [4.78, 5) is 13.1. The summed E-state index contributed by atoms with van der Waals surface area (Å²) < 4.78 is 0. The van der Waals surface area contributed by atoms with Gasteiger partial charge in [0.1, 0.15) is 0 Å². The molecule has 0 spiro atoms. The summed E-state index contributed by atoms with van der Waals surface area (Å²) >= 11 is 0. The summed E-state index contributed by atoms with van der Waals surface area (Å²) in [7, 11) is 0. The quantitative estimate of drug-likeness (QED) is 0.630. The molecule has 0 saturated carbocycles. The molecule has 1 aliphatic rings. The lowest BCUT2D eigenvalue weighted by atomic mass is 10.1. The number of hydrogen-bond donors (Lipinski definition) is 1. The summed E-state index contributed by atoms with van der Waals surface area (Å²) in [5.41, 5.74) is 9.89. The van der Waals surface area contributed by atoms with E-state index in [-0.39, 0.29) is 5.91 Å². The molecule has 1 aromatic rings. The topological polar surface area (TPSA) is 46.3 Å². The molecular weight excluding hydrogens is 176 g/mol. The smallest absolute Gasteiger partial charge is 0.223 e. The number of carbonyl (C=O) groups is 1. The molecule has 0 unspecified atom stereocenters. The number of rotatable bonds is 0. The molecule has 2 N–H and O–H groups in total. The van der Waals surface area contributed by atoms with E-state index in [4.69, 9.17) is 5.73 Å². The molecule has 0 aromatic heterocycles. The Kier molecular flexibility index (Phi) is 1.95. The van der Waals surface area contributed by atoms with Crippen molar-refractivity contribution in [3.05, 3.63) is 23.3 Å². The molecule has 1 aliphatic heterocycles. The molecule has 0 saturated heterocycles. The lowest BCUT2D eigenvalue weighted by molar-refractivity contribution is -0.116. The number of aryl methyl sites for hydroxylation is 1. The van der Waals surface area contributed by atoms with Gasteiger partial charge in [0, 0.05) is 13.5 Å². The molecule has 1 aromatic carbocycles. The number of nitrogens with zero attached hydrogens (tertiary/aromatic N) is 1. The van der Waals surface area contributed by atoms with Gasteiger partial charge in [0.05, 0.1) is 11.4 Å². The predicted octanol–water partition coefficient (Wildman–Crippen LogP) is 1.49. The largest absolute Gasteiger partial charge is 0.397 e. The average molecular weight is 190 g/mol. The Hall–Kier alpha value is -1.51. The third kappa shape index (κ3) is 1.25. The molecule has 1 amide bonds. The number of nitrogen functional groups attached to an aromatic ring is 1. The molecule has 0 aliphatic carbocycles. The highest BCUT2D eigenvalue weighted by atomic mass is 16.2. The minimum atomic E-state index is 0.0688. The van der Waals surface area contributed by atoms with Gasteiger partial charge in [0.25, 0.3) is 0 Å². The Morgan fingerprint density at radius 1 is 1.50 bits per heavy atom. The van der Waals surface area contributed by atoms with E-state index in [9.17, 15) is 4.79 Å². The van der Waals surface area contributed by atoms with Gasteiger partial charge in [-0.2, -0.15) is 0 Å². The highest BCUT2D eigenvalue weighted by molar-refractivity contribution is 5.97. The zero-order valence-corrected chi connectivity index (χ0v) is 8.50. The number of amides is 1. The summed E-state index contributed by atoms with van der Waals surface area (Å²) in [5, 5.41) is 0. The standard InChI is InChI=1S/C11H14N2O/c1-7-5-9-3-4-13(8(2)14)11(9)10(12)6-7/h5-6H,3-4,12H2,1-2H3. The van der Waals surface area contributed by atoms with Crippen molar-refractivity contribution in [3.63, 3.8) is 0 Å². The van der Waals surface area contributed by atoms with E-state index in [0.717, 1.165) is 24.2 Å². The van der Waals surface area contributed by atoms with Crippen molar-refractivity contribution in [2.45, 2.75) is 20.3 Å². The van der Waals surface area contributed by atoms with Gasteiger partial charge in [0.2, 0.25) is 5.91 Å². The molecule has 3 nitrogen and oxygen atoms in total. The van der Waals surface area contributed by atoms with Crippen molar-refractivity contribution in [1.29, 1.82) is 0 Å². The maximum atomic E-state index is 11.3. The van der Waals surface area contributed by atoms with Crippen LogP contribution in [-0.4, -0.2) is 12.5 Å². The van der Waals surface area contributed by atoms with Gasteiger partial charge in [-0.1, -0.05) is 6.07 Å². The van der Waals surface area contributed by atoms with Crippen molar-refractivity contribution >= 4 is 17.3 Å². The van der Waals surface area contributed by atoms with Crippen LogP contribution in [0, 0.1) is 6.92 Å². The second-order valence-electron chi connectivity index (χ2n) is 3.78. The molecule has 0 atom stereocenters. The van der Waals surface area contributed by atoms with Crippen LogP contribution in [0.3, 0.4) is 0 Å². The van der Waals surface area contributed by atoms with Crippen molar-refractivity contribution in [2.24, 2.45) is 0 Å². The number of anilines is 2. The maximum absolute atomic E-state index is 11.3. The van der Waals surface area contributed by atoms with Gasteiger partial charge in [-0.05, 0) is 30.5 Å². The number of carbonyl (C=O) groups excluding carboxylic acids is 1. The number of benzene rings is 1. The second-order valence-corrected chi connectivity index (χ2v) is 3.78. The Labute approximate surface area is 83.5 Å². The molecule has 0 fully saturated rings. The Balaban J connectivity index is 2.54. The number of fused-ring (bicyclic) bond motifs is 1. The normalized spacial score (nSPS) is 14.3. The van der Waals surface area contributed by atoms with Gasteiger partial charge in [-0.25, -0.2) is 0 Å². The van der Waals surface area contributed by atoms with Crippen LogP contribution in [0.2, 0.25) is 0 Å². The molecule has 14 heavy (non-hydrogen) atoms.